The van der Waals surface area contributed by atoms with E-state index in [-0.39, 0.29) is 0 Å². The van der Waals surface area contributed by atoms with E-state index in [9.17, 15) is 9.90 Å². The van der Waals surface area contributed by atoms with Crippen LogP contribution in [0.2, 0.25) is 0 Å². The minimum Gasteiger partial charge on any atom is -0.481 e. The Morgan fingerprint density at radius 3 is 2.82 bits per heavy atom. The molecule has 1 fully saturated rings. The predicted molar refractivity (Wildman–Crippen MR) is 61.7 cm³/mol. The summed E-state index contributed by atoms with van der Waals surface area (Å²) in [4.78, 5) is 15.7. The van der Waals surface area contributed by atoms with Gasteiger partial charge in [0.15, 0.2) is 0 Å². The molecule has 0 saturated carbocycles. The molecule has 0 amide bonds. The van der Waals surface area contributed by atoms with Gasteiger partial charge in [-0.3, -0.25) is 4.79 Å². The summed E-state index contributed by atoms with van der Waals surface area (Å²) in [5, 5.41) is 9.40. The van der Waals surface area contributed by atoms with Gasteiger partial charge < -0.3 is 14.4 Å². The normalized spacial score (nSPS) is 19.1. The molecule has 17 heavy (non-hydrogen) atoms. The van der Waals surface area contributed by atoms with Crippen LogP contribution in [-0.2, 0) is 23.0 Å². The summed E-state index contributed by atoms with van der Waals surface area (Å²) in [6.07, 6.45) is 6.17. The van der Waals surface area contributed by atoms with Crippen molar-refractivity contribution in [3.8, 4) is 0 Å². The van der Waals surface area contributed by atoms with Crippen LogP contribution in [0.3, 0.4) is 0 Å². The summed E-state index contributed by atoms with van der Waals surface area (Å²) in [5.41, 5.74) is -0.621. The van der Waals surface area contributed by atoms with E-state index in [1.165, 1.54) is 0 Å². The molecule has 0 unspecified atom stereocenters. The zero-order chi connectivity index (χ0) is 12.3. The molecule has 5 nitrogen and oxygen atoms in total. The number of aliphatic carboxylic acids is 1. The number of ether oxygens (including phenoxy) is 1. The Morgan fingerprint density at radius 1 is 1.59 bits per heavy atom. The third-order valence-corrected chi connectivity index (χ3v) is 3.65. The highest BCUT2D eigenvalue weighted by atomic mass is 16.5. The fourth-order valence-electron chi connectivity index (χ4n) is 2.32. The largest absolute Gasteiger partial charge is 0.481 e. The summed E-state index contributed by atoms with van der Waals surface area (Å²) >= 11 is 0. The summed E-state index contributed by atoms with van der Waals surface area (Å²) in [7, 11) is 1.93. The molecule has 0 radical (unpaired) electrons. The van der Waals surface area contributed by atoms with Gasteiger partial charge >= 0.3 is 5.97 Å². The van der Waals surface area contributed by atoms with Crippen molar-refractivity contribution in [1.29, 1.82) is 0 Å². The van der Waals surface area contributed by atoms with Crippen molar-refractivity contribution in [3.63, 3.8) is 0 Å². The Kier molecular flexibility index (Phi) is 3.47. The zero-order valence-electron chi connectivity index (χ0n) is 10.1. The number of hydrogen-bond donors (Lipinski definition) is 1. The molecule has 1 aliphatic heterocycles. The van der Waals surface area contributed by atoms with Crippen LogP contribution in [0.1, 0.15) is 25.1 Å². The Hall–Kier alpha value is -1.36. The maximum absolute atomic E-state index is 11.4. The molecule has 1 saturated heterocycles. The Balaban J connectivity index is 2.03. The SMILES string of the molecule is Cn1ccnc1CCC1(C(=O)O)CCOCC1. The molecule has 0 spiro atoms. The monoisotopic (exact) mass is 238 g/mol. The quantitative estimate of drug-likeness (QED) is 0.857. The van der Waals surface area contributed by atoms with Crippen molar-refractivity contribution in [2.45, 2.75) is 25.7 Å². The van der Waals surface area contributed by atoms with Crippen LogP contribution < -0.4 is 0 Å². The average Bonchev–Trinajstić information content (AvgIpc) is 2.73. The van der Waals surface area contributed by atoms with E-state index in [1.54, 1.807) is 6.20 Å². The molecule has 94 valence electrons. The number of imidazole rings is 1. The number of carbonyl (C=O) groups is 1. The van der Waals surface area contributed by atoms with E-state index in [0.29, 0.717) is 38.9 Å². The molecule has 2 heterocycles. The second-order valence-electron chi connectivity index (χ2n) is 4.65. The molecule has 1 aromatic heterocycles. The molecule has 0 aromatic carbocycles. The van der Waals surface area contributed by atoms with Crippen LogP contribution >= 0.6 is 0 Å². The van der Waals surface area contributed by atoms with Crippen LogP contribution in [0.15, 0.2) is 12.4 Å². The van der Waals surface area contributed by atoms with Crippen molar-refractivity contribution >= 4 is 5.97 Å². The first-order valence-corrected chi connectivity index (χ1v) is 5.91. The van der Waals surface area contributed by atoms with Crippen molar-refractivity contribution in [1.82, 2.24) is 9.55 Å². The highest BCUT2D eigenvalue weighted by Crippen LogP contribution is 2.35. The molecule has 0 aliphatic carbocycles. The van der Waals surface area contributed by atoms with Gasteiger partial charge in [0.05, 0.1) is 5.41 Å². The van der Waals surface area contributed by atoms with Gasteiger partial charge in [-0.2, -0.15) is 0 Å². The second kappa shape index (κ2) is 4.87. The molecule has 1 aromatic rings. The smallest absolute Gasteiger partial charge is 0.309 e. The van der Waals surface area contributed by atoms with Crippen molar-refractivity contribution < 1.29 is 14.6 Å². The first-order valence-electron chi connectivity index (χ1n) is 5.91. The van der Waals surface area contributed by atoms with Crippen molar-refractivity contribution in [2.24, 2.45) is 12.5 Å². The number of aryl methyl sites for hydroxylation is 2. The maximum atomic E-state index is 11.4. The number of hydrogen-bond acceptors (Lipinski definition) is 3. The zero-order valence-corrected chi connectivity index (χ0v) is 10.1. The van der Waals surface area contributed by atoms with Gasteiger partial charge in [-0.25, -0.2) is 4.98 Å². The van der Waals surface area contributed by atoms with Crippen LogP contribution in [0.5, 0.6) is 0 Å². The molecular weight excluding hydrogens is 220 g/mol. The highest BCUT2D eigenvalue weighted by Gasteiger charge is 2.39. The summed E-state index contributed by atoms with van der Waals surface area (Å²) in [6.45, 7) is 1.10. The lowest BCUT2D eigenvalue weighted by molar-refractivity contribution is -0.155. The lowest BCUT2D eigenvalue weighted by atomic mass is 9.76. The van der Waals surface area contributed by atoms with Crippen LogP contribution in [0.25, 0.3) is 0 Å². The van der Waals surface area contributed by atoms with E-state index >= 15 is 0 Å². The third-order valence-electron chi connectivity index (χ3n) is 3.65. The number of nitrogens with zero attached hydrogens (tertiary/aromatic N) is 2. The van der Waals surface area contributed by atoms with E-state index in [1.807, 2.05) is 17.8 Å². The van der Waals surface area contributed by atoms with E-state index in [0.717, 1.165) is 5.82 Å². The van der Waals surface area contributed by atoms with E-state index in [2.05, 4.69) is 4.98 Å². The molecular formula is C12H18N2O3. The van der Waals surface area contributed by atoms with Gasteiger partial charge in [-0.1, -0.05) is 0 Å². The number of carboxylic acids is 1. The minimum absolute atomic E-state index is 0.548. The van der Waals surface area contributed by atoms with Gasteiger partial charge in [0.1, 0.15) is 5.82 Å². The topological polar surface area (TPSA) is 64.4 Å². The van der Waals surface area contributed by atoms with Crippen molar-refractivity contribution in [3.05, 3.63) is 18.2 Å². The van der Waals surface area contributed by atoms with Gasteiger partial charge in [0.25, 0.3) is 0 Å². The van der Waals surface area contributed by atoms with Crippen LogP contribution in [0.4, 0.5) is 0 Å². The molecule has 2 rings (SSSR count). The van der Waals surface area contributed by atoms with Gasteiger partial charge in [-0.05, 0) is 19.3 Å². The van der Waals surface area contributed by atoms with E-state index in [4.69, 9.17) is 4.74 Å². The van der Waals surface area contributed by atoms with Crippen LogP contribution in [0, 0.1) is 5.41 Å². The molecule has 1 N–H and O–H groups in total. The fraction of sp³-hybridized carbons (Fsp3) is 0.667. The van der Waals surface area contributed by atoms with Gasteiger partial charge in [0.2, 0.25) is 0 Å². The number of rotatable bonds is 4. The first-order chi connectivity index (χ1) is 8.14. The average molecular weight is 238 g/mol. The van der Waals surface area contributed by atoms with Crippen molar-refractivity contribution in [2.75, 3.05) is 13.2 Å². The van der Waals surface area contributed by atoms with Gasteiger partial charge in [-0.15, -0.1) is 0 Å². The Morgan fingerprint density at radius 2 is 2.29 bits per heavy atom. The number of carboxylic acid groups (broad SMARTS) is 1. The second-order valence-corrected chi connectivity index (χ2v) is 4.65. The highest BCUT2D eigenvalue weighted by molar-refractivity contribution is 5.74. The lowest BCUT2D eigenvalue weighted by Crippen LogP contribution is -2.37. The maximum Gasteiger partial charge on any atom is 0.309 e. The third kappa shape index (κ3) is 2.49. The molecule has 0 bridgehead atoms. The predicted octanol–water partition coefficient (Wildman–Crippen LogP) is 1.23. The summed E-state index contributed by atoms with van der Waals surface area (Å²) in [6, 6.07) is 0. The lowest BCUT2D eigenvalue weighted by Gasteiger charge is -2.32. The molecule has 5 heteroatoms. The number of aromatic nitrogens is 2. The summed E-state index contributed by atoms with van der Waals surface area (Å²) < 4.78 is 7.19. The van der Waals surface area contributed by atoms with E-state index < -0.39 is 11.4 Å². The Bertz CT molecular complexity index is 394. The van der Waals surface area contributed by atoms with Gasteiger partial charge in [0, 0.05) is 39.1 Å². The first kappa shape index (κ1) is 12.1. The fourth-order valence-corrected chi connectivity index (χ4v) is 2.32. The Labute approximate surface area is 100 Å². The summed E-state index contributed by atoms with van der Waals surface area (Å²) in [5.74, 6) is 0.243. The minimum atomic E-state index is -0.699. The molecule has 1 aliphatic rings. The standard InChI is InChI=1S/C12H18N2O3/c1-14-7-6-13-10(14)2-3-12(11(15)16)4-8-17-9-5-12/h6-7H,2-5,8-9H2,1H3,(H,15,16). The molecule has 0 atom stereocenters. The van der Waals surface area contributed by atoms with Crippen LogP contribution in [-0.4, -0.2) is 33.8 Å².